The average molecular weight is 349 g/mol. The Morgan fingerprint density at radius 3 is 2.54 bits per heavy atom. The lowest BCUT2D eigenvalue weighted by Gasteiger charge is -2.20. The van der Waals surface area contributed by atoms with Crippen LogP contribution in [0.2, 0.25) is 0 Å². The largest absolute Gasteiger partial charge is 0.476 e. The first-order valence-electron chi connectivity index (χ1n) is 7.39. The first kappa shape index (κ1) is 16.4. The Kier molecular flexibility index (Phi) is 4.23. The molecule has 2 aromatic rings. The van der Waals surface area contributed by atoms with Gasteiger partial charge in [0, 0.05) is 12.8 Å². The van der Waals surface area contributed by atoms with E-state index < -0.39 is 27.0 Å². The molecule has 126 valence electrons. The molecular weight excluding hydrogens is 334 g/mol. The van der Waals surface area contributed by atoms with Crippen LogP contribution in [0.4, 0.5) is 0 Å². The normalized spacial score (nSPS) is 19.3. The summed E-state index contributed by atoms with van der Waals surface area (Å²) in [6, 6.07) is 7.81. The molecule has 0 radical (unpaired) electrons. The summed E-state index contributed by atoms with van der Waals surface area (Å²) in [4.78, 5) is 26.5. The smallest absolute Gasteiger partial charge is 0.357 e. The molecule has 24 heavy (non-hydrogen) atoms. The zero-order valence-electron chi connectivity index (χ0n) is 12.6. The zero-order chi connectivity index (χ0) is 17.3. The number of nitrogens with zero attached hydrogens (tertiary/aromatic N) is 1. The molecule has 1 aliphatic rings. The molecule has 1 heterocycles. The third-order valence-corrected chi connectivity index (χ3v) is 6.29. The number of carbonyl (C=O) groups is 2. The van der Waals surface area contributed by atoms with Crippen LogP contribution in [0.15, 0.2) is 45.9 Å². The molecule has 1 fully saturated rings. The van der Waals surface area contributed by atoms with Crippen LogP contribution < -0.4 is 0 Å². The Morgan fingerprint density at radius 2 is 2.00 bits per heavy atom. The van der Waals surface area contributed by atoms with Crippen molar-refractivity contribution in [1.29, 1.82) is 0 Å². The molecule has 3 rings (SSSR count). The summed E-state index contributed by atoms with van der Waals surface area (Å²) >= 11 is 0. The number of rotatable bonds is 5. The molecule has 1 aromatic carbocycles. The van der Waals surface area contributed by atoms with E-state index in [0.29, 0.717) is 12.8 Å². The predicted octanol–water partition coefficient (Wildman–Crippen LogP) is 2.26. The van der Waals surface area contributed by atoms with Crippen LogP contribution in [0.1, 0.15) is 40.9 Å². The van der Waals surface area contributed by atoms with Crippen LogP contribution >= 0.6 is 0 Å². The van der Waals surface area contributed by atoms with Crippen molar-refractivity contribution in [1.82, 2.24) is 4.98 Å². The Bertz CT molecular complexity index is 871. The molecule has 7 nitrogen and oxygen atoms in total. The lowest BCUT2D eigenvalue weighted by molar-refractivity contribution is -0.117. The van der Waals surface area contributed by atoms with Crippen LogP contribution in [-0.4, -0.2) is 30.3 Å². The number of hydrogen-bond acceptors (Lipinski definition) is 6. The number of carboxylic acids is 1. The van der Waals surface area contributed by atoms with Gasteiger partial charge in [-0.05, 0) is 24.5 Å². The molecule has 1 aromatic heterocycles. The standard InChI is InChI=1S/C16H15NO6S/c18-11-7-6-10(8-11)14(15-17-13(9-23-15)16(19)20)24(21,22)12-4-2-1-3-5-12/h1-5,9-10,14H,6-8H2,(H,19,20). The fourth-order valence-corrected chi connectivity index (χ4v) is 4.90. The van der Waals surface area contributed by atoms with Crippen molar-refractivity contribution in [2.45, 2.75) is 29.4 Å². The van der Waals surface area contributed by atoms with Crippen LogP contribution in [0, 0.1) is 5.92 Å². The number of benzene rings is 1. The SMILES string of the molecule is O=C1CCC(C(c2nc(C(=O)O)co2)S(=O)(=O)c2ccccc2)C1. The minimum Gasteiger partial charge on any atom is -0.476 e. The van der Waals surface area contributed by atoms with E-state index in [1.54, 1.807) is 18.2 Å². The van der Waals surface area contributed by atoms with Crippen molar-refractivity contribution in [3.63, 3.8) is 0 Å². The van der Waals surface area contributed by atoms with Gasteiger partial charge in [0.25, 0.3) is 0 Å². The van der Waals surface area contributed by atoms with Gasteiger partial charge in [0.1, 0.15) is 17.3 Å². The fraction of sp³-hybridized carbons (Fsp3) is 0.312. The van der Waals surface area contributed by atoms with E-state index in [2.05, 4.69) is 4.98 Å². The van der Waals surface area contributed by atoms with E-state index in [9.17, 15) is 18.0 Å². The van der Waals surface area contributed by atoms with Crippen molar-refractivity contribution < 1.29 is 27.5 Å². The molecule has 2 atom stereocenters. The Labute approximate surface area is 138 Å². The van der Waals surface area contributed by atoms with Gasteiger partial charge < -0.3 is 9.52 Å². The van der Waals surface area contributed by atoms with Crippen LogP contribution in [-0.2, 0) is 14.6 Å². The van der Waals surface area contributed by atoms with Crippen molar-refractivity contribution in [3.05, 3.63) is 48.2 Å². The van der Waals surface area contributed by atoms with Gasteiger partial charge >= 0.3 is 5.97 Å². The summed E-state index contributed by atoms with van der Waals surface area (Å²) in [6.07, 6.45) is 1.74. The molecule has 0 spiro atoms. The fourth-order valence-electron chi connectivity index (χ4n) is 2.96. The quantitative estimate of drug-likeness (QED) is 0.880. The van der Waals surface area contributed by atoms with Gasteiger partial charge in [-0.3, -0.25) is 4.79 Å². The minimum absolute atomic E-state index is 0.0155. The summed E-state index contributed by atoms with van der Waals surface area (Å²) in [5.74, 6) is -1.99. The van der Waals surface area contributed by atoms with Crippen molar-refractivity contribution in [2.75, 3.05) is 0 Å². The maximum atomic E-state index is 13.0. The number of hydrogen-bond donors (Lipinski definition) is 1. The lowest BCUT2D eigenvalue weighted by Crippen LogP contribution is -2.22. The van der Waals surface area contributed by atoms with Crippen molar-refractivity contribution in [3.8, 4) is 0 Å². The summed E-state index contributed by atoms with van der Waals surface area (Å²) in [5.41, 5.74) is -0.359. The molecule has 0 aliphatic heterocycles. The highest BCUT2D eigenvalue weighted by Crippen LogP contribution is 2.41. The van der Waals surface area contributed by atoms with Crippen LogP contribution in [0.5, 0.6) is 0 Å². The second kappa shape index (κ2) is 6.20. The maximum Gasteiger partial charge on any atom is 0.357 e. The van der Waals surface area contributed by atoms with E-state index in [1.807, 2.05) is 0 Å². The minimum atomic E-state index is -3.87. The topological polar surface area (TPSA) is 115 Å². The molecule has 1 aliphatic carbocycles. The van der Waals surface area contributed by atoms with Crippen molar-refractivity contribution >= 4 is 21.6 Å². The second-order valence-corrected chi connectivity index (χ2v) is 7.77. The van der Waals surface area contributed by atoms with E-state index in [4.69, 9.17) is 9.52 Å². The van der Waals surface area contributed by atoms with E-state index in [1.165, 1.54) is 12.1 Å². The maximum absolute atomic E-state index is 13.0. The molecule has 2 unspecified atom stereocenters. The highest BCUT2D eigenvalue weighted by molar-refractivity contribution is 7.91. The van der Waals surface area contributed by atoms with E-state index >= 15 is 0 Å². The highest BCUT2D eigenvalue weighted by Gasteiger charge is 2.43. The summed E-state index contributed by atoms with van der Waals surface area (Å²) < 4.78 is 31.3. The molecule has 1 saturated carbocycles. The molecule has 8 heteroatoms. The Morgan fingerprint density at radius 1 is 1.29 bits per heavy atom. The van der Waals surface area contributed by atoms with E-state index in [-0.39, 0.29) is 28.7 Å². The van der Waals surface area contributed by atoms with Gasteiger partial charge in [0.05, 0.1) is 4.90 Å². The number of oxazole rings is 1. The average Bonchev–Trinajstić information content (AvgIpc) is 3.18. The lowest BCUT2D eigenvalue weighted by atomic mass is 10.0. The van der Waals surface area contributed by atoms with Gasteiger partial charge in [0.2, 0.25) is 5.89 Å². The number of carboxylic acid groups (broad SMARTS) is 1. The molecule has 0 bridgehead atoms. The number of aromatic nitrogens is 1. The summed E-state index contributed by atoms with van der Waals surface area (Å²) in [7, 11) is -3.87. The predicted molar refractivity (Wildman–Crippen MR) is 82.2 cm³/mol. The second-order valence-electron chi connectivity index (χ2n) is 5.70. The van der Waals surface area contributed by atoms with Gasteiger partial charge in [-0.2, -0.15) is 0 Å². The van der Waals surface area contributed by atoms with Gasteiger partial charge in [0.15, 0.2) is 15.5 Å². The number of Topliss-reactive ketones (excluding diaryl/α,β-unsaturated/α-hetero) is 1. The van der Waals surface area contributed by atoms with Gasteiger partial charge in [-0.15, -0.1) is 0 Å². The number of sulfone groups is 1. The number of aromatic carboxylic acids is 1. The third kappa shape index (κ3) is 2.96. The highest BCUT2D eigenvalue weighted by atomic mass is 32.2. The van der Waals surface area contributed by atoms with Gasteiger partial charge in [-0.1, -0.05) is 18.2 Å². The first-order chi connectivity index (χ1) is 11.4. The van der Waals surface area contributed by atoms with E-state index in [0.717, 1.165) is 6.26 Å². The van der Waals surface area contributed by atoms with Gasteiger partial charge in [-0.25, -0.2) is 18.2 Å². The van der Waals surface area contributed by atoms with Crippen LogP contribution in [0.3, 0.4) is 0 Å². The third-order valence-electron chi connectivity index (χ3n) is 4.10. The molecule has 1 N–H and O–H groups in total. The first-order valence-corrected chi connectivity index (χ1v) is 8.93. The summed E-state index contributed by atoms with van der Waals surface area (Å²) in [5, 5.41) is 7.80. The molecule has 0 saturated heterocycles. The Hall–Kier alpha value is -2.48. The summed E-state index contributed by atoms with van der Waals surface area (Å²) in [6.45, 7) is 0. The molecule has 0 amide bonds. The number of carbonyl (C=O) groups excluding carboxylic acids is 1. The molecular formula is C16H15NO6S. The number of ketones is 1. The monoisotopic (exact) mass is 349 g/mol. The van der Waals surface area contributed by atoms with Crippen molar-refractivity contribution in [2.24, 2.45) is 5.92 Å². The zero-order valence-corrected chi connectivity index (χ0v) is 13.4. The Balaban J connectivity index is 2.08. The van der Waals surface area contributed by atoms with Crippen LogP contribution in [0.25, 0.3) is 0 Å².